The monoisotopic (exact) mass is 360 g/mol. The maximum absolute atomic E-state index is 6.50. The standard InChI is InChI=1S/C20H25ClN2S/c1-2-3-4-15-5-7-17(23-13-15)14-24-20-18-10-12-22-11-9-16(18)6-8-19(20)21/h5-8,13,22H,2-4,9-12,14H2,1H3. The van der Waals surface area contributed by atoms with Crippen molar-refractivity contribution in [3.05, 3.63) is 57.9 Å². The lowest BCUT2D eigenvalue weighted by atomic mass is 10.0. The van der Waals surface area contributed by atoms with E-state index in [0.717, 1.165) is 48.8 Å². The average molecular weight is 361 g/mol. The van der Waals surface area contributed by atoms with Crippen LogP contribution in [0.3, 0.4) is 0 Å². The van der Waals surface area contributed by atoms with Crippen molar-refractivity contribution in [2.24, 2.45) is 0 Å². The van der Waals surface area contributed by atoms with Crippen molar-refractivity contribution in [2.45, 2.75) is 49.7 Å². The highest BCUT2D eigenvalue weighted by molar-refractivity contribution is 7.98. The molecule has 1 aliphatic rings. The van der Waals surface area contributed by atoms with E-state index >= 15 is 0 Å². The first-order valence-corrected chi connectivity index (χ1v) is 10.2. The van der Waals surface area contributed by atoms with E-state index in [-0.39, 0.29) is 0 Å². The molecule has 1 aromatic carbocycles. The van der Waals surface area contributed by atoms with Crippen molar-refractivity contribution in [3.8, 4) is 0 Å². The van der Waals surface area contributed by atoms with Gasteiger partial charge in [0.1, 0.15) is 0 Å². The van der Waals surface area contributed by atoms with Gasteiger partial charge in [0.25, 0.3) is 0 Å². The van der Waals surface area contributed by atoms with Gasteiger partial charge in [-0.3, -0.25) is 4.98 Å². The normalized spacial score (nSPS) is 14.2. The highest BCUT2D eigenvalue weighted by atomic mass is 35.5. The zero-order chi connectivity index (χ0) is 16.8. The number of benzene rings is 1. The zero-order valence-electron chi connectivity index (χ0n) is 14.3. The third kappa shape index (κ3) is 4.53. The molecule has 4 heteroatoms. The van der Waals surface area contributed by atoms with E-state index in [4.69, 9.17) is 11.6 Å². The maximum atomic E-state index is 6.50. The predicted molar refractivity (Wildman–Crippen MR) is 104 cm³/mol. The summed E-state index contributed by atoms with van der Waals surface area (Å²) in [5.74, 6) is 0.873. The van der Waals surface area contributed by atoms with Crippen LogP contribution in [0.15, 0.2) is 35.4 Å². The second-order valence-electron chi connectivity index (χ2n) is 6.31. The van der Waals surface area contributed by atoms with E-state index in [2.05, 4.69) is 41.5 Å². The molecule has 0 amide bonds. The first-order valence-electron chi connectivity index (χ1n) is 8.85. The van der Waals surface area contributed by atoms with E-state index < -0.39 is 0 Å². The van der Waals surface area contributed by atoms with Crippen LogP contribution in [0.2, 0.25) is 5.02 Å². The van der Waals surface area contributed by atoms with Gasteiger partial charge in [0.2, 0.25) is 0 Å². The zero-order valence-corrected chi connectivity index (χ0v) is 15.8. The molecule has 1 aliphatic heterocycles. The number of fused-ring (bicyclic) bond motifs is 1. The molecule has 2 nitrogen and oxygen atoms in total. The van der Waals surface area contributed by atoms with Gasteiger partial charge in [-0.15, -0.1) is 11.8 Å². The van der Waals surface area contributed by atoms with E-state index in [9.17, 15) is 0 Å². The minimum absolute atomic E-state index is 0.873. The number of nitrogens with one attached hydrogen (secondary N) is 1. The minimum Gasteiger partial charge on any atom is -0.316 e. The summed E-state index contributed by atoms with van der Waals surface area (Å²) in [6.07, 6.45) is 7.76. The van der Waals surface area contributed by atoms with E-state index in [0.29, 0.717) is 0 Å². The minimum atomic E-state index is 0.873. The smallest absolute Gasteiger partial charge is 0.0544 e. The maximum Gasteiger partial charge on any atom is 0.0544 e. The fourth-order valence-electron chi connectivity index (χ4n) is 3.08. The van der Waals surface area contributed by atoms with Crippen molar-refractivity contribution in [1.29, 1.82) is 0 Å². The Hall–Kier alpha value is -1.03. The molecule has 2 aromatic rings. The van der Waals surface area contributed by atoms with Crippen LogP contribution in [-0.4, -0.2) is 18.1 Å². The Morgan fingerprint density at radius 2 is 2.04 bits per heavy atom. The molecule has 0 radical (unpaired) electrons. The summed E-state index contributed by atoms with van der Waals surface area (Å²) < 4.78 is 0. The van der Waals surface area contributed by atoms with Crippen molar-refractivity contribution in [3.63, 3.8) is 0 Å². The summed E-state index contributed by atoms with van der Waals surface area (Å²) in [6, 6.07) is 8.62. The first-order chi connectivity index (χ1) is 11.8. The molecule has 0 spiro atoms. The number of aromatic nitrogens is 1. The molecule has 3 rings (SSSR count). The number of pyridine rings is 1. The molecular weight excluding hydrogens is 336 g/mol. The van der Waals surface area contributed by atoms with Crippen LogP contribution in [0.5, 0.6) is 0 Å². The molecule has 0 fully saturated rings. The highest BCUT2D eigenvalue weighted by Crippen LogP contribution is 2.35. The Morgan fingerprint density at radius 1 is 1.17 bits per heavy atom. The van der Waals surface area contributed by atoms with E-state index in [1.54, 1.807) is 0 Å². The van der Waals surface area contributed by atoms with Gasteiger partial charge in [0.15, 0.2) is 0 Å². The van der Waals surface area contributed by atoms with Crippen molar-refractivity contribution in [2.75, 3.05) is 13.1 Å². The summed E-state index contributed by atoms with van der Waals surface area (Å²) in [5, 5.41) is 4.35. The predicted octanol–water partition coefficient (Wildman–Crippen LogP) is 5.06. The molecule has 0 atom stereocenters. The van der Waals surface area contributed by atoms with Gasteiger partial charge in [-0.05, 0) is 67.6 Å². The summed E-state index contributed by atoms with van der Waals surface area (Å²) in [5.41, 5.74) is 5.33. The number of aryl methyl sites for hydroxylation is 1. The highest BCUT2D eigenvalue weighted by Gasteiger charge is 2.15. The largest absolute Gasteiger partial charge is 0.316 e. The molecule has 0 saturated carbocycles. The van der Waals surface area contributed by atoms with Gasteiger partial charge in [-0.25, -0.2) is 0 Å². The van der Waals surface area contributed by atoms with Crippen LogP contribution < -0.4 is 5.32 Å². The molecule has 0 saturated heterocycles. The van der Waals surface area contributed by atoms with Gasteiger partial charge in [0.05, 0.1) is 10.7 Å². The number of unbranched alkanes of at least 4 members (excludes halogenated alkanes) is 1. The molecule has 0 bridgehead atoms. The second-order valence-corrected chi connectivity index (χ2v) is 7.71. The lowest BCUT2D eigenvalue weighted by Crippen LogP contribution is -2.16. The SMILES string of the molecule is CCCCc1ccc(CSc2c(Cl)ccc3c2CCNCC3)nc1. The van der Waals surface area contributed by atoms with Gasteiger partial charge in [0, 0.05) is 16.8 Å². The lowest BCUT2D eigenvalue weighted by molar-refractivity contribution is 0.709. The van der Waals surface area contributed by atoms with Gasteiger partial charge in [-0.1, -0.05) is 37.1 Å². The Labute approximate surface area is 154 Å². The fraction of sp³-hybridized carbons (Fsp3) is 0.450. The Bertz CT molecular complexity index is 670. The van der Waals surface area contributed by atoms with Crippen LogP contribution in [0.4, 0.5) is 0 Å². The van der Waals surface area contributed by atoms with Gasteiger partial charge < -0.3 is 5.32 Å². The summed E-state index contributed by atoms with van der Waals surface area (Å²) in [7, 11) is 0. The van der Waals surface area contributed by atoms with Crippen LogP contribution in [-0.2, 0) is 25.0 Å². The fourth-order valence-corrected chi connectivity index (χ4v) is 4.50. The molecular formula is C20H25ClN2S. The van der Waals surface area contributed by atoms with Gasteiger partial charge >= 0.3 is 0 Å². The Kier molecular flexibility index (Phi) is 6.59. The van der Waals surface area contributed by atoms with Crippen LogP contribution in [0.25, 0.3) is 0 Å². The number of hydrogen-bond donors (Lipinski definition) is 1. The number of thioether (sulfide) groups is 1. The van der Waals surface area contributed by atoms with Crippen molar-refractivity contribution in [1.82, 2.24) is 10.3 Å². The topological polar surface area (TPSA) is 24.9 Å². The number of halogens is 1. The molecule has 1 N–H and O–H groups in total. The first kappa shape index (κ1) is 17.8. The van der Waals surface area contributed by atoms with Crippen LogP contribution in [0.1, 0.15) is 42.1 Å². The van der Waals surface area contributed by atoms with Crippen molar-refractivity contribution >= 4 is 23.4 Å². The third-order valence-electron chi connectivity index (χ3n) is 4.50. The Morgan fingerprint density at radius 3 is 2.83 bits per heavy atom. The average Bonchev–Trinajstić information content (AvgIpc) is 2.85. The Balaban J connectivity index is 1.70. The van der Waals surface area contributed by atoms with Gasteiger partial charge in [-0.2, -0.15) is 0 Å². The number of nitrogens with zero attached hydrogens (tertiary/aromatic N) is 1. The quantitative estimate of drug-likeness (QED) is 0.729. The van der Waals surface area contributed by atoms with E-state index in [1.807, 2.05) is 18.0 Å². The van der Waals surface area contributed by atoms with Crippen LogP contribution in [0, 0.1) is 0 Å². The summed E-state index contributed by atoms with van der Waals surface area (Å²) in [6.45, 7) is 4.31. The number of hydrogen-bond acceptors (Lipinski definition) is 3. The summed E-state index contributed by atoms with van der Waals surface area (Å²) >= 11 is 8.33. The molecule has 0 aliphatic carbocycles. The van der Waals surface area contributed by atoms with Crippen molar-refractivity contribution < 1.29 is 0 Å². The molecule has 128 valence electrons. The summed E-state index contributed by atoms with van der Waals surface area (Å²) in [4.78, 5) is 5.88. The van der Waals surface area contributed by atoms with Crippen LogP contribution >= 0.6 is 23.4 Å². The molecule has 0 unspecified atom stereocenters. The third-order valence-corrected chi connectivity index (χ3v) is 6.12. The van der Waals surface area contributed by atoms with E-state index in [1.165, 1.54) is 34.4 Å². The number of rotatable bonds is 6. The lowest BCUT2D eigenvalue weighted by Gasteiger charge is -2.13. The molecule has 2 heterocycles. The second kappa shape index (κ2) is 8.89. The molecule has 1 aromatic heterocycles. The molecule has 24 heavy (non-hydrogen) atoms.